The average molecular weight is 726 g/mol. The van der Waals surface area contributed by atoms with Crippen molar-refractivity contribution in [3.05, 3.63) is 65.7 Å². The summed E-state index contributed by atoms with van der Waals surface area (Å²) in [4.78, 5) is 94.4. The minimum absolute atomic E-state index is 0.0535. The van der Waals surface area contributed by atoms with Crippen molar-refractivity contribution in [2.45, 2.75) is 81.8 Å². The summed E-state index contributed by atoms with van der Waals surface area (Å²) in [5, 5.41) is 42.5. The molecule has 1 aliphatic heterocycles. The molecule has 6 unspecified atom stereocenters. The number of aliphatic carboxylic acids is 1. The number of benzene rings is 2. The van der Waals surface area contributed by atoms with Gasteiger partial charge in [0.25, 0.3) is 0 Å². The molecule has 10 N–H and O–H groups in total. The number of aliphatic hydroxyl groups excluding tert-OH is 1. The van der Waals surface area contributed by atoms with E-state index in [4.69, 9.17) is 5.73 Å². The predicted molar refractivity (Wildman–Crippen MR) is 186 cm³/mol. The van der Waals surface area contributed by atoms with Gasteiger partial charge in [0.1, 0.15) is 36.0 Å². The molecule has 17 nitrogen and oxygen atoms in total. The van der Waals surface area contributed by atoms with Gasteiger partial charge in [-0.25, -0.2) is 0 Å². The molecule has 0 spiro atoms. The number of carboxylic acid groups (broad SMARTS) is 1. The van der Waals surface area contributed by atoms with E-state index in [9.17, 15) is 48.9 Å². The second-order valence-corrected chi connectivity index (χ2v) is 12.6. The van der Waals surface area contributed by atoms with Crippen LogP contribution >= 0.6 is 0 Å². The van der Waals surface area contributed by atoms with Gasteiger partial charge in [-0.15, -0.1) is 0 Å². The maximum atomic E-state index is 14.1. The quantitative estimate of drug-likeness (QED) is 0.115. The molecule has 0 aliphatic carbocycles. The molecule has 1 saturated heterocycles. The lowest BCUT2D eigenvalue weighted by molar-refractivity contribution is -0.148. The van der Waals surface area contributed by atoms with Gasteiger partial charge in [-0.2, -0.15) is 0 Å². The molecule has 1 fully saturated rings. The number of unbranched alkanes of at least 4 members (excludes halogenated alkanes) is 1. The van der Waals surface area contributed by atoms with Gasteiger partial charge >= 0.3 is 5.97 Å². The number of aromatic hydroxyl groups is 1. The number of nitrogens with two attached hydrogens (primary N) is 1. The van der Waals surface area contributed by atoms with Crippen molar-refractivity contribution in [2.75, 3.05) is 20.1 Å². The second-order valence-electron chi connectivity index (χ2n) is 12.6. The van der Waals surface area contributed by atoms with Crippen LogP contribution in [0.25, 0.3) is 0 Å². The summed E-state index contributed by atoms with van der Waals surface area (Å²) in [5.41, 5.74) is 6.68. The largest absolute Gasteiger partial charge is 0.508 e. The van der Waals surface area contributed by atoms with Gasteiger partial charge in [-0.05, 0) is 56.0 Å². The standard InChI is InChI=1S/C35H47N7O10/c1-20(43)30-34(51)40-26(17-21-8-4-3-5-9-21)35(52)42(2)27(18-29(46)47)33(50)39-25(16-22-11-13-23(44)14-12-22)31(48)37-19-28(45)38-24(32(49)41-30)10-6-7-15-36/h3-5,8-9,11-14,20,24-27,30,43-44H,6-7,10,15-19,36H2,1-2H3,(H,37,48)(H,38,45)(H,39,50)(H,40,51)(H,41,49)(H,46,47). The lowest BCUT2D eigenvalue weighted by atomic mass is 10.0. The van der Waals surface area contributed by atoms with Crippen molar-refractivity contribution < 1.29 is 48.9 Å². The van der Waals surface area contributed by atoms with Crippen molar-refractivity contribution >= 4 is 41.4 Å². The molecular weight excluding hydrogens is 678 g/mol. The first-order valence-corrected chi connectivity index (χ1v) is 16.9. The van der Waals surface area contributed by atoms with E-state index in [0.717, 1.165) is 4.90 Å². The van der Waals surface area contributed by atoms with E-state index in [1.807, 2.05) is 0 Å². The Morgan fingerprint density at radius 2 is 1.42 bits per heavy atom. The van der Waals surface area contributed by atoms with Crippen LogP contribution in [0.4, 0.5) is 0 Å². The molecule has 0 saturated carbocycles. The molecule has 52 heavy (non-hydrogen) atoms. The average Bonchev–Trinajstić information content (AvgIpc) is 3.10. The fourth-order valence-electron chi connectivity index (χ4n) is 5.58. The Kier molecular flexibility index (Phi) is 15.5. The Hall–Kier alpha value is -5.55. The molecule has 6 amide bonds. The third-order valence-corrected chi connectivity index (χ3v) is 8.48. The van der Waals surface area contributed by atoms with Crippen LogP contribution in [0.5, 0.6) is 5.75 Å². The molecule has 0 aromatic heterocycles. The van der Waals surface area contributed by atoms with E-state index in [0.29, 0.717) is 30.5 Å². The van der Waals surface area contributed by atoms with E-state index in [1.54, 1.807) is 30.3 Å². The Morgan fingerprint density at radius 3 is 2.04 bits per heavy atom. The number of phenols is 1. The molecule has 0 bridgehead atoms. The fraction of sp³-hybridized carbons (Fsp3) is 0.457. The number of carboxylic acids is 1. The summed E-state index contributed by atoms with van der Waals surface area (Å²) in [6.45, 7) is 0.916. The predicted octanol–water partition coefficient (Wildman–Crippen LogP) is -1.94. The lowest BCUT2D eigenvalue weighted by Crippen LogP contribution is -2.62. The summed E-state index contributed by atoms with van der Waals surface area (Å²) in [7, 11) is 1.18. The van der Waals surface area contributed by atoms with Gasteiger partial charge in [0.15, 0.2) is 0 Å². The molecule has 282 valence electrons. The summed E-state index contributed by atoms with van der Waals surface area (Å²) < 4.78 is 0. The second kappa shape index (κ2) is 19.7. The van der Waals surface area contributed by atoms with Crippen LogP contribution in [0.15, 0.2) is 54.6 Å². The van der Waals surface area contributed by atoms with Crippen LogP contribution in [-0.4, -0.2) is 118 Å². The molecular formula is C35H47N7O10. The number of rotatable bonds is 11. The number of hydrogen-bond donors (Lipinski definition) is 9. The Balaban J connectivity index is 2.08. The van der Waals surface area contributed by atoms with Gasteiger partial charge in [0.2, 0.25) is 35.4 Å². The van der Waals surface area contributed by atoms with Crippen LogP contribution in [0, 0.1) is 0 Å². The van der Waals surface area contributed by atoms with Crippen molar-refractivity contribution in [2.24, 2.45) is 5.73 Å². The Morgan fingerprint density at radius 1 is 0.808 bits per heavy atom. The molecule has 17 heteroatoms. The van der Waals surface area contributed by atoms with E-state index in [1.165, 1.54) is 38.2 Å². The van der Waals surface area contributed by atoms with Crippen molar-refractivity contribution in [3.63, 3.8) is 0 Å². The topological polar surface area (TPSA) is 270 Å². The smallest absolute Gasteiger partial charge is 0.305 e. The number of amides is 6. The highest BCUT2D eigenvalue weighted by Gasteiger charge is 2.38. The monoisotopic (exact) mass is 725 g/mol. The number of hydrogen-bond acceptors (Lipinski definition) is 10. The minimum atomic E-state index is -1.68. The van der Waals surface area contributed by atoms with Crippen LogP contribution in [0.1, 0.15) is 43.7 Å². The maximum absolute atomic E-state index is 14.1. The van der Waals surface area contributed by atoms with E-state index >= 15 is 0 Å². The molecule has 2 aromatic carbocycles. The molecule has 1 aliphatic rings. The summed E-state index contributed by atoms with van der Waals surface area (Å²) in [6.07, 6.45) is -1.62. The van der Waals surface area contributed by atoms with Crippen LogP contribution in [0.2, 0.25) is 0 Å². The highest BCUT2D eigenvalue weighted by Crippen LogP contribution is 2.15. The third kappa shape index (κ3) is 12.3. The fourth-order valence-corrected chi connectivity index (χ4v) is 5.58. The molecule has 1 heterocycles. The number of nitrogens with one attached hydrogen (secondary N) is 5. The normalized spacial score (nSPS) is 23.2. The van der Waals surface area contributed by atoms with Crippen LogP contribution < -0.4 is 32.3 Å². The zero-order valence-corrected chi connectivity index (χ0v) is 29.0. The van der Waals surface area contributed by atoms with Gasteiger partial charge in [0, 0.05) is 19.9 Å². The molecule has 6 atom stereocenters. The number of likely N-dealkylation sites (N-methyl/N-ethyl adjacent to an activating group) is 1. The Bertz CT molecular complexity index is 1570. The first-order chi connectivity index (χ1) is 24.7. The summed E-state index contributed by atoms with van der Waals surface area (Å²) in [6, 6.07) is 6.92. The first-order valence-electron chi connectivity index (χ1n) is 16.9. The number of carbonyl (C=O) groups is 7. The van der Waals surface area contributed by atoms with Gasteiger partial charge in [-0.1, -0.05) is 42.5 Å². The van der Waals surface area contributed by atoms with Crippen molar-refractivity contribution in [3.8, 4) is 5.75 Å². The van der Waals surface area contributed by atoms with Crippen molar-refractivity contribution in [1.29, 1.82) is 0 Å². The minimum Gasteiger partial charge on any atom is -0.508 e. The van der Waals surface area contributed by atoms with Crippen molar-refractivity contribution in [1.82, 2.24) is 31.5 Å². The SMILES string of the molecule is CC(O)C1NC(=O)C(CCCCN)NC(=O)CNC(=O)C(Cc2ccc(O)cc2)NC(=O)C(CC(=O)O)N(C)C(=O)C(Cc2ccccc2)NC1=O. The maximum Gasteiger partial charge on any atom is 0.305 e. The number of nitrogens with zero attached hydrogens (tertiary/aromatic N) is 1. The molecule has 3 rings (SSSR count). The Labute approximate surface area is 300 Å². The first kappa shape index (κ1) is 40.9. The summed E-state index contributed by atoms with van der Waals surface area (Å²) in [5.74, 6) is -6.79. The number of carbonyl (C=O) groups excluding carboxylic acids is 6. The van der Waals surface area contributed by atoms with E-state index in [2.05, 4.69) is 26.6 Å². The summed E-state index contributed by atoms with van der Waals surface area (Å²) >= 11 is 0. The lowest BCUT2D eigenvalue weighted by Gasteiger charge is -2.32. The zero-order valence-electron chi connectivity index (χ0n) is 29.0. The highest BCUT2D eigenvalue weighted by molar-refractivity contribution is 5.98. The highest BCUT2D eigenvalue weighted by atomic mass is 16.4. The number of phenolic OH excluding ortho intramolecular Hbond substituents is 1. The molecule has 0 radical (unpaired) electrons. The number of aliphatic hydroxyl groups is 1. The van der Waals surface area contributed by atoms with Gasteiger partial charge < -0.3 is 52.5 Å². The van der Waals surface area contributed by atoms with E-state index in [-0.39, 0.29) is 25.0 Å². The van der Waals surface area contributed by atoms with Crippen LogP contribution in [-0.2, 0) is 46.4 Å². The van der Waals surface area contributed by atoms with Crippen LogP contribution in [0.3, 0.4) is 0 Å². The molecule has 2 aromatic rings. The van der Waals surface area contributed by atoms with Gasteiger partial charge in [-0.3, -0.25) is 33.6 Å². The van der Waals surface area contributed by atoms with E-state index < -0.39 is 90.7 Å². The third-order valence-electron chi connectivity index (χ3n) is 8.48. The van der Waals surface area contributed by atoms with Gasteiger partial charge in [0.05, 0.1) is 19.1 Å². The zero-order chi connectivity index (χ0) is 38.4.